The van der Waals surface area contributed by atoms with E-state index in [0.29, 0.717) is 19.0 Å². The zero-order valence-corrected chi connectivity index (χ0v) is 12.9. The van der Waals surface area contributed by atoms with Gasteiger partial charge in [-0.25, -0.2) is 9.59 Å². The maximum Gasteiger partial charge on any atom is 0.326 e. The summed E-state index contributed by atoms with van der Waals surface area (Å²) in [5.41, 5.74) is 0. The molecule has 0 aromatic heterocycles. The number of aliphatic carboxylic acids is 1. The molecule has 0 unspecified atom stereocenters. The Bertz CT molecular complexity index is 337. The first kappa shape index (κ1) is 16.8. The van der Waals surface area contributed by atoms with Crippen LogP contribution in [0.25, 0.3) is 0 Å². The van der Waals surface area contributed by atoms with Gasteiger partial charge < -0.3 is 15.3 Å². The van der Waals surface area contributed by atoms with E-state index >= 15 is 0 Å². The molecule has 0 bridgehead atoms. The van der Waals surface area contributed by atoms with Crippen LogP contribution in [-0.4, -0.2) is 65.7 Å². The summed E-state index contributed by atoms with van der Waals surface area (Å²) in [5.74, 6) is -0.488. The first-order valence-corrected chi connectivity index (χ1v) is 7.31. The molecule has 0 saturated carbocycles. The molecule has 1 atom stereocenters. The third kappa shape index (κ3) is 5.00. The van der Waals surface area contributed by atoms with Crippen molar-refractivity contribution >= 4 is 12.0 Å². The fraction of sp³-hybridized carbons (Fsp3) is 0.857. The molecule has 0 aliphatic carbocycles. The summed E-state index contributed by atoms with van der Waals surface area (Å²) < 4.78 is 0. The van der Waals surface area contributed by atoms with Crippen molar-refractivity contribution in [3.05, 3.63) is 0 Å². The number of carbonyl (C=O) groups excluding carboxylic acids is 1. The Balaban J connectivity index is 2.44. The molecule has 20 heavy (non-hydrogen) atoms. The number of carboxylic acid groups (broad SMARTS) is 1. The monoisotopic (exact) mass is 285 g/mol. The predicted molar refractivity (Wildman–Crippen MR) is 77.6 cm³/mol. The summed E-state index contributed by atoms with van der Waals surface area (Å²) >= 11 is 0. The number of rotatable bonds is 5. The van der Waals surface area contributed by atoms with Gasteiger partial charge >= 0.3 is 12.0 Å². The van der Waals surface area contributed by atoms with Crippen molar-refractivity contribution in [2.75, 3.05) is 32.7 Å². The number of hydrogen-bond acceptors (Lipinski definition) is 3. The lowest BCUT2D eigenvalue weighted by atomic mass is 10.1. The fourth-order valence-corrected chi connectivity index (χ4v) is 2.39. The van der Waals surface area contributed by atoms with Crippen molar-refractivity contribution in [1.29, 1.82) is 0 Å². The van der Waals surface area contributed by atoms with E-state index in [4.69, 9.17) is 5.11 Å². The van der Waals surface area contributed by atoms with Gasteiger partial charge in [-0.15, -0.1) is 0 Å². The summed E-state index contributed by atoms with van der Waals surface area (Å²) in [7, 11) is 0. The van der Waals surface area contributed by atoms with Crippen LogP contribution in [0.2, 0.25) is 0 Å². The normalized spacial score (nSPS) is 18.4. The summed E-state index contributed by atoms with van der Waals surface area (Å²) in [6.07, 6.45) is 0. The van der Waals surface area contributed by atoms with Crippen molar-refractivity contribution in [2.45, 2.75) is 33.7 Å². The van der Waals surface area contributed by atoms with Crippen LogP contribution in [0.4, 0.5) is 4.79 Å². The molecular formula is C14H27N3O3. The van der Waals surface area contributed by atoms with Gasteiger partial charge in [-0.3, -0.25) is 4.90 Å². The molecule has 116 valence electrons. The van der Waals surface area contributed by atoms with E-state index in [-0.39, 0.29) is 11.9 Å². The van der Waals surface area contributed by atoms with Gasteiger partial charge in [0.1, 0.15) is 6.04 Å². The first-order valence-electron chi connectivity index (χ1n) is 7.31. The van der Waals surface area contributed by atoms with Gasteiger partial charge in [-0.2, -0.15) is 0 Å². The molecule has 2 N–H and O–H groups in total. The second kappa shape index (κ2) is 7.47. The summed E-state index contributed by atoms with van der Waals surface area (Å²) in [6.45, 7) is 12.0. The standard InChI is InChI=1S/C14H27N3O3/c1-10(2)9-16-5-7-17(8-6-16)14(20)15-12(11(3)4)13(18)19/h10-12H,5-9H2,1-4H3,(H,15,20)(H,18,19)/t12-/m1/s1. The first-order chi connectivity index (χ1) is 9.31. The lowest BCUT2D eigenvalue weighted by Crippen LogP contribution is -2.55. The van der Waals surface area contributed by atoms with Crippen molar-refractivity contribution < 1.29 is 14.7 Å². The Labute approximate surface area is 121 Å². The van der Waals surface area contributed by atoms with Crippen molar-refractivity contribution in [3.63, 3.8) is 0 Å². The number of nitrogens with one attached hydrogen (secondary N) is 1. The number of urea groups is 1. The quantitative estimate of drug-likeness (QED) is 0.793. The number of carboxylic acids is 1. The molecule has 1 heterocycles. The zero-order chi connectivity index (χ0) is 15.3. The minimum Gasteiger partial charge on any atom is -0.480 e. The lowest BCUT2D eigenvalue weighted by molar-refractivity contribution is -0.140. The van der Waals surface area contributed by atoms with Crippen LogP contribution >= 0.6 is 0 Å². The molecule has 1 aliphatic heterocycles. The predicted octanol–water partition coefficient (Wildman–Crippen LogP) is 1.08. The van der Waals surface area contributed by atoms with E-state index in [1.54, 1.807) is 18.7 Å². The molecular weight excluding hydrogens is 258 g/mol. The average Bonchev–Trinajstić information content (AvgIpc) is 2.35. The number of amides is 2. The van der Waals surface area contributed by atoms with Crippen molar-refractivity contribution in [1.82, 2.24) is 15.1 Å². The summed E-state index contributed by atoms with van der Waals surface area (Å²) in [6, 6.07) is -1.09. The molecule has 0 radical (unpaired) electrons. The molecule has 6 heteroatoms. The minimum atomic E-state index is -0.980. The van der Waals surface area contributed by atoms with Gasteiger partial charge in [0.25, 0.3) is 0 Å². The summed E-state index contributed by atoms with van der Waals surface area (Å²) in [5, 5.41) is 11.7. The summed E-state index contributed by atoms with van der Waals surface area (Å²) in [4.78, 5) is 27.2. The Morgan fingerprint density at radius 1 is 1.10 bits per heavy atom. The Kier molecular flexibility index (Phi) is 6.26. The van der Waals surface area contributed by atoms with Crippen LogP contribution in [0.1, 0.15) is 27.7 Å². The third-order valence-electron chi connectivity index (χ3n) is 3.49. The van der Waals surface area contributed by atoms with E-state index in [2.05, 4.69) is 24.1 Å². The Hall–Kier alpha value is -1.30. The molecule has 0 aromatic carbocycles. The van der Waals surface area contributed by atoms with E-state index in [0.717, 1.165) is 19.6 Å². The van der Waals surface area contributed by atoms with E-state index < -0.39 is 12.0 Å². The average molecular weight is 285 g/mol. The molecule has 0 spiro atoms. The maximum absolute atomic E-state index is 12.1. The maximum atomic E-state index is 12.1. The van der Waals surface area contributed by atoms with Crippen molar-refractivity contribution in [2.24, 2.45) is 11.8 Å². The van der Waals surface area contributed by atoms with Gasteiger partial charge in [0, 0.05) is 32.7 Å². The lowest BCUT2D eigenvalue weighted by Gasteiger charge is -2.36. The number of carbonyl (C=O) groups is 2. The second-order valence-electron chi connectivity index (χ2n) is 6.19. The SMILES string of the molecule is CC(C)CN1CCN(C(=O)N[C@@H](C(=O)O)C(C)C)CC1. The second-order valence-corrected chi connectivity index (χ2v) is 6.19. The Morgan fingerprint density at radius 3 is 2.05 bits per heavy atom. The van der Waals surface area contributed by atoms with E-state index in [1.165, 1.54) is 0 Å². The van der Waals surface area contributed by atoms with Crippen LogP contribution < -0.4 is 5.32 Å². The largest absolute Gasteiger partial charge is 0.480 e. The third-order valence-corrected chi connectivity index (χ3v) is 3.49. The van der Waals surface area contributed by atoms with Crippen LogP contribution in [0.3, 0.4) is 0 Å². The highest BCUT2D eigenvalue weighted by Gasteiger charge is 2.27. The number of piperazine rings is 1. The molecule has 1 fully saturated rings. The smallest absolute Gasteiger partial charge is 0.326 e. The van der Waals surface area contributed by atoms with Crippen LogP contribution in [0.15, 0.2) is 0 Å². The van der Waals surface area contributed by atoms with E-state index in [1.807, 2.05) is 0 Å². The molecule has 1 rings (SSSR count). The topological polar surface area (TPSA) is 72.9 Å². The highest BCUT2D eigenvalue weighted by Crippen LogP contribution is 2.07. The molecule has 2 amide bonds. The van der Waals surface area contributed by atoms with Crippen LogP contribution in [0, 0.1) is 11.8 Å². The molecule has 1 saturated heterocycles. The highest BCUT2D eigenvalue weighted by molar-refractivity contribution is 5.82. The Morgan fingerprint density at radius 2 is 1.65 bits per heavy atom. The van der Waals surface area contributed by atoms with Crippen molar-refractivity contribution in [3.8, 4) is 0 Å². The van der Waals surface area contributed by atoms with Crippen LogP contribution in [0.5, 0.6) is 0 Å². The van der Waals surface area contributed by atoms with Crippen LogP contribution in [-0.2, 0) is 4.79 Å². The molecule has 1 aliphatic rings. The minimum absolute atomic E-state index is 0.126. The molecule has 6 nitrogen and oxygen atoms in total. The zero-order valence-electron chi connectivity index (χ0n) is 12.9. The highest BCUT2D eigenvalue weighted by atomic mass is 16.4. The number of nitrogens with zero attached hydrogens (tertiary/aromatic N) is 2. The van der Waals surface area contributed by atoms with E-state index in [9.17, 15) is 9.59 Å². The fourth-order valence-electron chi connectivity index (χ4n) is 2.39. The van der Waals surface area contributed by atoms with Gasteiger partial charge in [0.15, 0.2) is 0 Å². The van der Waals surface area contributed by atoms with Gasteiger partial charge in [0.2, 0.25) is 0 Å². The van der Waals surface area contributed by atoms with Gasteiger partial charge in [0.05, 0.1) is 0 Å². The molecule has 0 aromatic rings. The van der Waals surface area contributed by atoms with Gasteiger partial charge in [-0.1, -0.05) is 27.7 Å². The number of hydrogen-bond donors (Lipinski definition) is 2. The van der Waals surface area contributed by atoms with Gasteiger partial charge in [-0.05, 0) is 11.8 Å².